The summed E-state index contributed by atoms with van der Waals surface area (Å²) in [5.74, 6) is 1.41. The molecule has 5 nitrogen and oxygen atoms in total. The van der Waals surface area contributed by atoms with Gasteiger partial charge in [0.2, 0.25) is 10.0 Å². The number of hydrogen-bond donors (Lipinski definition) is 1. The van der Waals surface area contributed by atoms with Crippen LogP contribution in [-0.4, -0.2) is 28.7 Å². The van der Waals surface area contributed by atoms with Gasteiger partial charge < -0.3 is 9.47 Å². The molecular weight excluding hydrogens is 314 g/mol. The van der Waals surface area contributed by atoms with Crippen LogP contribution in [0.25, 0.3) is 0 Å². The normalized spacial score (nSPS) is 11.2. The monoisotopic (exact) mass is 335 g/mol. The van der Waals surface area contributed by atoms with E-state index in [9.17, 15) is 8.42 Å². The Morgan fingerprint density at radius 2 is 1.74 bits per heavy atom. The quantitative estimate of drug-likeness (QED) is 0.805. The van der Waals surface area contributed by atoms with Gasteiger partial charge in [0.1, 0.15) is 11.5 Å². The van der Waals surface area contributed by atoms with Crippen molar-refractivity contribution in [2.24, 2.45) is 0 Å². The first kappa shape index (κ1) is 17.3. The third-order valence-electron chi connectivity index (χ3n) is 3.32. The number of benzene rings is 2. The molecule has 0 heterocycles. The number of rotatable bonds is 8. The first-order valence-electron chi connectivity index (χ1n) is 7.41. The number of sulfonamides is 1. The number of ether oxygens (including phenoxy) is 2. The Bertz CT molecular complexity index is 727. The van der Waals surface area contributed by atoms with Crippen molar-refractivity contribution in [1.29, 1.82) is 0 Å². The van der Waals surface area contributed by atoms with Crippen molar-refractivity contribution in [3.05, 3.63) is 54.1 Å². The highest BCUT2D eigenvalue weighted by molar-refractivity contribution is 7.89. The fourth-order valence-corrected chi connectivity index (χ4v) is 3.23. The zero-order valence-corrected chi connectivity index (χ0v) is 14.1. The lowest BCUT2D eigenvalue weighted by Gasteiger charge is -2.10. The van der Waals surface area contributed by atoms with E-state index in [1.54, 1.807) is 19.2 Å². The van der Waals surface area contributed by atoms with E-state index in [1.165, 1.54) is 12.1 Å². The average molecular weight is 335 g/mol. The summed E-state index contributed by atoms with van der Waals surface area (Å²) in [5, 5.41) is 0. The topological polar surface area (TPSA) is 64.6 Å². The number of nitrogens with one attached hydrogen (secondary N) is 1. The van der Waals surface area contributed by atoms with Gasteiger partial charge in [0.25, 0.3) is 0 Å². The summed E-state index contributed by atoms with van der Waals surface area (Å²) in [7, 11) is -1.93. The van der Waals surface area contributed by atoms with Gasteiger partial charge in [-0.05, 0) is 49.2 Å². The molecule has 124 valence electrons. The fourth-order valence-electron chi connectivity index (χ4n) is 2.19. The van der Waals surface area contributed by atoms with Crippen molar-refractivity contribution in [1.82, 2.24) is 4.72 Å². The van der Waals surface area contributed by atoms with Gasteiger partial charge in [-0.3, -0.25) is 0 Å². The van der Waals surface area contributed by atoms with Crippen LogP contribution < -0.4 is 14.2 Å². The Hall–Kier alpha value is -2.05. The maximum absolute atomic E-state index is 12.3. The highest BCUT2D eigenvalue weighted by Crippen LogP contribution is 2.18. The summed E-state index contributed by atoms with van der Waals surface area (Å²) in [6.07, 6.45) is 0.556. The molecule has 2 rings (SSSR count). The van der Waals surface area contributed by atoms with Crippen LogP contribution in [-0.2, 0) is 16.4 Å². The number of methoxy groups -OCH3 is 1. The van der Waals surface area contributed by atoms with Crippen molar-refractivity contribution in [3.63, 3.8) is 0 Å². The van der Waals surface area contributed by atoms with Crippen LogP contribution in [0.5, 0.6) is 11.5 Å². The molecule has 0 aromatic heterocycles. The Morgan fingerprint density at radius 3 is 2.39 bits per heavy atom. The Kier molecular flexibility index (Phi) is 6.01. The molecular formula is C17H21NO4S. The summed E-state index contributed by atoms with van der Waals surface area (Å²) in [4.78, 5) is 0.223. The van der Waals surface area contributed by atoms with Gasteiger partial charge >= 0.3 is 0 Å². The van der Waals surface area contributed by atoms with Gasteiger partial charge in [0, 0.05) is 6.54 Å². The van der Waals surface area contributed by atoms with E-state index in [4.69, 9.17) is 9.47 Å². The van der Waals surface area contributed by atoms with E-state index in [1.807, 2.05) is 31.2 Å². The molecule has 0 aliphatic rings. The number of hydrogen-bond acceptors (Lipinski definition) is 4. The molecule has 6 heteroatoms. The molecule has 0 saturated carbocycles. The summed E-state index contributed by atoms with van der Waals surface area (Å²) < 4.78 is 37.7. The van der Waals surface area contributed by atoms with Gasteiger partial charge in [0.05, 0.1) is 18.6 Å². The van der Waals surface area contributed by atoms with Crippen molar-refractivity contribution >= 4 is 10.0 Å². The summed E-state index contributed by atoms with van der Waals surface area (Å²) in [5.41, 5.74) is 0.962. The molecule has 0 saturated heterocycles. The highest BCUT2D eigenvalue weighted by atomic mass is 32.2. The van der Waals surface area contributed by atoms with Crippen molar-refractivity contribution in [2.75, 3.05) is 20.3 Å². The lowest BCUT2D eigenvalue weighted by Crippen LogP contribution is -2.26. The van der Waals surface area contributed by atoms with Crippen LogP contribution in [0.15, 0.2) is 53.4 Å². The molecule has 1 N–H and O–H groups in total. The highest BCUT2D eigenvalue weighted by Gasteiger charge is 2.13. The summed E-state index contributed by atoms with van der Waals surface area (Å²) >= 11 is 0. The van der Waals surface area contributed by atoms with Gasteiger partial charge in [-0.2, -0.15) is 0 Å². The summed E-state index contributed by atoms with van der Waals surface area (Å²) in [6.45, 7) is 2.73. The molecule has 0 aliphatic heterocycles. The Labute approximate surface area is 137 Å². The molecule has 0 spiro atoms. The Morgan fingerprint density at radius 1 is 1.04 bits per heavy atom. The van der Waals surface area contributed by atoms with E-state index in [0.717, 1.165) is 11.3 Å². The Balaban J connectivity index is 1.98. The molecule has 23 heavy (non-hydrogen) atoms. The van der Waals surface area contributed by atoms with Gasteiger partial charge in [-0.15, -0.1) is 0 Å². The van der Waals surface area contributed by atoms with Crippen molar-refractivity contribution in [3.8, 4) is 11.5 Å². The van der Waals surface area contributed by atoms with Gasteiger partial charge in [-0.25, -0.2) is 13.1 Å². The second-order valence-electron chi connectivity index (χ2n) is 4.86. The van der Waals surface area contributed by atoms with E-state index >= 15 is 0 Å². The molecule has 0 fully saturated rings. The molecule has 0 unspecified atom stereocenters. The van der Waals surface area contributed by atoms with Gasteiger partial charge in [0.15, 0.2) is 0 Å². The van der Waals surface area contributed by atoms with Crippen LogP contribution in [0.3, 0.4) is 0 Å². The largest absolute Gasteiger partial charge is 0.496 e. The van der Waals surface area contributed by atoms with Crippen molar-refractivity contribution < 1.29 is 17.9 Å². The fraction of sp³-hybridized carbons (Fsp3) is 0.294. The molecule has 0 aliphatic carbocycles. The van der Waals surface area contributed by atoms with Gasteiger partial charge in [-0.1, -0.05) is 18.2 Å². The van der Waals surface area contributed by atoms with Crippen LogP contribution >= 0.6 is 0 Å². The predicted octanol–water partition coefficient (Wildman–Crippen LogP) is 2.61. The summed E-state index contributed by atoms with van der Waals surface area (Å²) in [6, 6.07) is 13.9. The molecule has 2 aromatic rings. The van der Waals surface area contributed by atoms with E-state index in [0.29, 0.717) is 25.3 Å². The zero-order valence-electron chi connectivity index (χ0n) is 13.3. The maximum atomic E-state index is 12.3. The van der Waals surface area contributed by atoms with Crippen LogP contribution in [0.1, 0.15) is 12.5 Å². The molecule has 0 bridgehead atoms. The minimum absolute atomic E-state index is 0.223. The first-order valence-corrected chi connectivity index (χ1v) is 8.89. The third-order valence-corrected chi connectivity index (χ3v) is 4.80. The maximum Gasteiger partial charge on any atom is 0.240 e. The molecule has 0 amide bonds. The van der Waals surface area contributed by atoms with Crippen LogP contribution in [0.2, 0.25) is 0 Å². The smallest absolute Gasteiger partial charge is 0.240 e. The third kappa shape index (κ3) is 4.71. The van der Waals surface area contributed by atoms with Crippen LogP contribution in [0.4, 0.5) is 0 Å². The van der Waals surface area contributed by atoms with E-state index < -0.39 is 10.0 Å². The first-order chi connectivity index (χ1) is 11.1. The lowest BCUT2D eigenvalue weighted by atomic mass is 10.1. The minimum atomic E-state index is -3.53. The molecule has 0 radical (unpaired) electrons. The van der Waals surface area contributed by atoms with Crippen molar-refractivity contribution in [2.45, 2.75) is 18.2 Å². The van der Waals surface area contributed by atoms with Crippen LogP contribution in [0, 0.1) is 0 Å². The second-order valence-corrected chi connectivity index (χ2v) is 6.63. The predicted molar refractivity (Wildman–Crippen MR) is 89.5 cm³/mol. The SMILES string of the molecule is CCOc1ccc(S(=O)(=O)NCCc2ccccc2OC)cc1. The number of para-hydroxylation sites is 1. The standard InChI is InChI=1S/C17H21NO4S/c1-3-22-15-8-10-16(11-9-15)23(19,20)18-13-12-14-6-4-5-7-17(14)21-2/h4-11,18H,3,12-13H2,1-2H3. The molecule has 2 aromatic carbocycles. The minimum Gasteiger partial charge on any atom is -0.496 e. The average Bonchev–Trinajstić information content (AvgIpc) is 2.56. The zero-order chi connectivity index (χ0) is 16.7. The van der Waals surface area contributed by atoms with E-state index in [-0.39, 0.29) is 4.90 Å². The lowest BCUT2D eigenvalue weighted by molar-refractivity contribution is 0.340. The molecule has 0 atom stereocenters. The van der Waals surface area contributed by atoms with E-state index in [2.05, 4.69) is 4.72 Å². The second kappa shape index (κ2) is 7.99.